The highest BCUT2D eigenvalue weighted by atomic mass is 16.2. The summed E-state index contributed by atoms with van der Waals surface area (Å²) in [6.07, 6.45) is 4.31. The maximum absolute atomic E-state index is 12.6. The van der Waals surface area contributed by atoms with Crippen LogP contribution in [0.2, 0.25) is 0 Å². The zero-order valence-corrected chi connectivity index (χ0v) is 13.5. The number of nitrogens with zero attached hydrogens (tertiary/aromatic N) is 3. The lowest BCUT2D eigenvalue weighted by Gasteiger charge is -2.49. The molecule has 1 aliphatic carbocycles. The summed E-state index contributed by atoms with van der Waals surface area (Å²) < 4.78 is 0. The first kappa shape index (κ1) is 15.8. The summed E-state index contributed by atoms with van der Waals surface area (Å²) in [5, 5.41) is 0. The van der Waals surface area contributed by atoms with E-state index in [0.717, 1.165) is 31.5 Å². The van der Waals surface area contributed by atoms with Crippen LogP contribution in [0.25, 0.3) is 0 Å². The molecule has 0 spiro atoms. The van der Waals surface area contributed by atoms with E-state index in [1.807, 2.05) is 24.9 Å². The predicted octanol–water partition coefficient (Wildman–Crippen LogP) is 1.78. The molecule has 2 N–H and O–H groups in total. The van der Waals surface area contributed by atoms with Gasteiger partial charge in [-0.3, -0.25) is 4.79 Å². The van der Waals surface area contributed by atoms with Gasteiger partial charge in [-0.25, -0.2) is 4.98 Å². The summed E-state index contributed by atoms with van der Waals surface area (Å²) >= 11 is 0. The Hall–Kier alpha value is -1.62. The van der Waals surface area contributed by atoms with Gasteiger partial charge in [-0.2, -0.15) is 0 Å². The molecule has 2 rings (SSSR count). The Morgan fingerprint density at radius 1 is 1.33 bits per heavy atom. The summed E-state index contributed by atoms with van der Waals surface area (Å²) in [4.78, 5) is 20.9. The molecule has 1 saturated carbocycles. The van der Waals surface area contributed by atoms with Gasteiger partial charge in [0.1, 0.15) is 5.82 Å². The summed E-state index contributed by atoms with van der Waals surface area (Å²) in [6, 6.07) is 3.51. The highest BCUT2D eigenvalue weighted by Gasteiger charge is 2.40. The molecule has 1 aliphatic rings. The van der Waals surface area contributed by atoms with Crippen LogP contribution in [0.5, 0.6) is 0 Å². The van der Waals surface area contributed by atoms with Crippen molar-refractivity contribution in [1.82, 2.24) is 14.8 Å². The van der Waals surface area contributed by atoms with Crippen LogP contribution >= 0.6 is 0 Å². The Morgan fingerprint density at radius 3 is 2.48 bits per heavy atom. The number of nitrogens with two attached hydrogens (primary N) is 1. The van der Waals surface area contributed by atoms with Crippen molar-refractivity contribution in [3.8, 4) is 0 Å². The molecule has 1 amide bonds. The molecule has 0 atom stereocenters. The normalized spacial score (nSPS) is 16.6. The number of hydrogen-bond acceptors (Lipinski definition) is 4. The fraction of sp³-hybridized carbons (Fsp3) is 0.625. The van der Waals surface area contributed by atoms with Crippen LogP contribution in [-0.4, -0.2) is 53.9 Å². The smallest absolute Gasteiger partial charge is 0.253 e. The monoisotopic (exact) mass is 290 g/mol. The number of pyridine rings is 1. The van der Waals surface area contributed by atoms with E-state index in [9.17, 15) is 4.79 Å². The average molecular weight is 290 g/mol. The number of anilines is 1. The molecular weight excluding hydrogens is 264 g/mol. The lowest BCUT2D eigenvalue weighted by molar-refractivity contribution is 0.0252. The second-order valence-corrected chi connectivity index (χ2v) is 6.26. The molecular formula is C16H26N4O. The third kappa shape index (κ3) is 3.18. The molecule has 21 heavy (non-hydrogen) atoms. The quantitative estimate of drug-likeness (QED) is 0.898. The highest BCUT2D eigenvalue weighted by Crippen LogP contribution is 2.36. The van der Waals surface area contributed by atoms with Crippen LogP contribution < -0.4 is 5.73 Å². The van der Waals surface area contributed by atoms with Crippen LogP contribution in [0.4, 0.5) is 5.82 Å². The highest BCUT2D eigenvalue weighted by molar-refractivity contribution is 5.94. The molecule has 0 radical (unpaired) electrons. The van der Waals surface area contributed by atoms with Gasteiger partial charge in [-0.15, -0.1) is 0 Å². The van der Waals surface area contributed by atoms with E-state index in [1.165, 1.54) is 6.42 Å². The molecule has 1 aromatic heterocycles. The SMILES string of the molecule is CCc1cc(C(=O)N(C)CC2(N(C)C)CCC2)cc(N)n1. The molecule has 0 unspecified atom stereocenters. The van der Waals surface area contributed by atoms with Crippen molar-refractivity contribution in [2.75, 3.05) is 33.4 Å². The molecule has 0 aliphatic heterocycles. The number of rotatable bonds is 5. The molecule has 116 valence electrons. The number of amides is 1. The van der Waals surface area contributed by atoms with Crippen molar-refractivity contribution in [3.63, 3.8) is 0 Å². The minimum absolute atomic E-state index is 0.0203. The molecule has 5 nitrogen and oxygen atoms in total. The second-order valence-electron chi connectivity index (χ2n) is 6.26. The van der Waals surface area contributed by atoms with Crippen molar-refractivity contribution >= 4 is 11.7 Å². The minimum Gasteiger partial charge on any atom is -0.384 e. The topological polar surface area (TPSA) is 62.5 Å². The molecule has 5 heteroatoms. The fourth-order valence-electron chi connectivity index (χ4n) is 2.98. The standard InChI is InChI=1S/C16H26N4O/c1-5-13-9-12(10-14(17)18-13)15(21)20(4)11-16(19(2)3)7-6-8-16/h9-10H,5-8,11H2,1-4H3,(H2,17,18). The Labute approximate surface area is 127 Å². The number of aryl methyl sites for hydroxylation is 1. The Balaban J connectivity index is 2.14. The van der Waals surface area contributed by atoms with Gasteiger partial charge in [0.05, 0.1) is 0 Å². The third-order valence-electron chi connectivity index (χ3n) is 4.62. The van der Waals surface area contributed by atoms with Crippen LogP contribution in [0.3, 0.4) is 0 Å². The van der Waals surface area contributed by atoms with E-state index in [0.29, 0.717) is 11.4 Å². The van der Waals surface area contributed by atoms with Gasteiger partial charge >= 0.3 is 0 Å². The van der Waals surface area contributed by atoms with Crippen LogP contribution in [0.1, 0.15) is 42.2 Å². The van der Waals surface area contributed by atoms with Crippen molar-refractivity contribution in [1.29, 1.82) is 0 Å². The zero-order valence-electron chi connectivity index (χ0n) is 13.5. The molecule has 0 bridgehead atoms. The first-order chi connectivity index (χ1) is 9.88. The molecule has 0 saturated heterocycles. The van der Waals surface area contributed by atoms with Gasteiger partial charge in [0.15, 0.2) is 0 Å². The van der Waals surface area contributed by atoms with E-state index in [4.69, 9.17) is 5.73 Å². The van der Waals surface area contributed by atoms with Crippen molar-refractivity contribution in [3.05, 3.63) is 23.4 Å². The first-order valence-electron chi connectivity index (χ1n) is 7.57. The number of aromatic nitrogens is 1. The maximum Gasteiger partial charge on any atom is 0.253 e. The molecule has 0 aromatic carbocycles. The van der Waals surface area contributed by atoms with Gasteiger partial charge < -0.3 is 15.5 Å². The largest absolute Gasteiger partial charge is 0.384 e. The number of carbonyl (C=O) groups excluding carboxylic acids is 1. The number of likely N-dealkylation sites (N-methyl/N-ethyl adjacent to an activating group) is 2. The zero-order chi connectivity index (χ0) is 15.6. The van der Waals surface area contributed by atoms with E-state index in [1.54, 1.807) is 6.07 Å². The average Bonchev–Trinajstić information content (AvgIpc) is 2.40. The lowest BCUT2D eigenvalue weighted by atomic mass is 9.75. The second kappa shape index (κ2) is 6.02. The summed E-state index contributed by atoms with van der Waals surface area (Å²) in [5.74, 6) is 0.434. The van der Waals surface area contributed by atoms with Crippen molar-refractivity contribution < 1.29 is 4.79 Å². The van der Waals surface area contributed by atoms with Gasteiger partial charge in [-0.1, -0.05) is 6.92 Å². The van der Waals surface area contributed by atoms with E-state index in [2.05, 4.69) is 24.0 Å². The first-order valence-corrected chi connectivity index (χ1v) is 7.57. The van der Waals surface area contributed by atoms with Gasteiger partial charge in [0.25, 0.3) is 5.91 Å². The molecule has 1 heterocycles. The maximum atomic E-state index is 12.6. The molecule has 1 aromatic rings. The lowest BCUT2D eigenvalue weighted by Crippen LogP contribution is -2.57. The van der Waals surface area contributed by atoms with Crippen LogP contribution in [0, 0.1) is 0 Å². The van der Waals surface area contributed by atoms with Crippen molar-refractivity contribution in [2.24, 2.45) is 0 Å². The third-order valence-corrected chi connectivity index (χ3v) is 4.62. The van der Waals surface area contributed by atoms with Gasteiger partial charge in [0, 0.05) is 30.4 Å². The number of hydrogen-bond donors (Lipinski definition) is 1. The van der Waals surface area contributed by atoms with E-state index in [-0.39, 0.29) is 11.4 Å². The van der Waals surface area contributed by atoms with E-state index >= 15 is 0 Å². The predicted molar refractivity (Wildman–Crippen MR) is 85.3 cm³/mol. The minimum atomic E-state index is 0.0203. The van der Waals surface area contributed by atoms with Gasteiger partial charge in [0.2, 0.25) is 0 Å². The summed E-state index contributed by atoms with van der Waals surface area (Å²) in [7, 11) is 6.06. The van der Waals surface area contributed by atoms with Crippen LogP contribution in [0.15, 0.2) is 12.1 Å². The summed E-state index contributed by atoms with van der Waals surface area (Å²) in [6.45, 7) is 2.76. The van der Waals surface area contributed by atoms with Crippen molar-refractivity contribution in [2.45, 2.75) is 38.1 Å². The van der Waals surface area contributed by atoms with E-state index < -0.39 is 0 Å². The fourth-order valence-corrected chi connectivity index (χ4v) is 2.98. The number of nitrogen functional groups attached to an aromatic ring is 1. The molecule has 1 fully saturated rings. The van der Waals surface area contributed by atoms with Gasteiger partial charge in [-0.05, 0) is 51.9 Å². The van der Waals surface area contributed by atoms with Crippen LogP contribution in [-0.2, 0) is 6.42 Å². The Kier molecular flexibility index (Phi) is 4.52. The Bertz CT molecular complexity index is 523. The number of carbonyl (C=O) groups is 1. The summed E-state index contributed by atoms with van der Waals surface area (Å²) in [5.41, 5.74) is 7.42. The Morgan fingerprint density at radius 2 is 2.00 bits per heavy atom.